The number of hydrogen-bond acceptors (Lipinski definition) is 5. The van der Waals surface area contributed by atoms with E-state index in [4.69, 9.17) is 15.1 Å². The van der Waals surface area contributed by atoms with Crippen molar-refractivity contribution in [2.45, 2.75) is 17.4 Å². The number of sulfonamides is 1. The SMILES string of the molecule is COC(CNS(=O)(=O)c1ccc(C#N)cc1)CC(=O)O. The number of nitrogens with zero attached hydrogens (tertiary/aromatic N) is 1. The summed E-state index contributed by atoms with van der Waals surface area (Å²) >= 11 is 0. The minimum atomic E-state index is -3.76. The highest BCUT2D eigenvalue weighted by molar-refractivity contribution is 7.89. The Balaban J connectivity index is 2.74. The molecule has 1 aromatic rings. The van der Waals surface area contributed by atoms with Crippen molar-refractivity contribution in [3.05, 3.63) is 29.8 Å². The molecule has 2 N–H and O–H groups in total. The number of aliphatic carboxylic acids is 1. The molecule has 0 fully saturated rings. The van der Waals surface area contributed by atoms with Crippen LogP contribution in [0.25, 0.3) is 0 Å². The van der Waals surface area contributed by atoms with Crippen molar-refractivity contribution in [3.8, 4) is 6.07 Å². The summed E-state index contributed by atoms with van der Waals surface area (Å²) < 4.78 is 31.0. The van der Waals surface area contributed by atoms with Gasteiger partial charge in [0.05, 0.1) is 29.1 Å². The minimum absolute atomic E-state index is 0.00155. The molecule has 0 bridgehead atoms. The topological polar surface area (TPSA) is 116 Å². The summed E-state index contributed by atoms with van der Waals surface area (Å²) in [5.74, 6) is -1.07. The molecule has 0 heterocycles. The number of hydrogen-bond donors (Lipinski definition) is 2. The maximum absolute atomic E-state index is 11.9. The van der Waals surface area contributed by atoms with Gasteiger partial charge in [-0.15, -0.1) is 0 Å². The lowest BCUT2D eigenvalue weighted by Crippen LogP contribution is -2.34. The molecule has 0 radical (unpaired) electrons. The minimum Gasteiger partial charge on any atom is -0.481 e. The number of carboxylic acids is 1. The van der Waals surface area contributed by atoms with E-state index < -0.39 is 22.1 Å². The first-order chi connectivity index (χ1) is 9.39. The van der Waals surface area contributed by atoms with Crippen molar-refractivity contribution in [2.24, 2.45) is 0 Å². The molecule has 0 saturated heterocycles. The highest BCUT2D eigenvalue weighted by Gasteiger charge is 2.18. The summed E-state index contributed by atoms with van der Waals surface area (Å²) in [6, 6.07) is 7.27. The number of methoxy groups -OCH3 is 1. The standard InChI is InChI=1S/C12H14N2O5S/c1-19-10(6-12(15)16)8-14-20(17,18)11-4-2-9(7-13)3-5-11/h2-5,10,14H,6,8H2,1H3,(H,15,16). The van der Waals surface area contributed by atoms with Crippen LogP contribution in [0.2, 0.25) is 0 Å². The highest BCUT2D eigenvalue weighted by atomic mass is 32.2. The van der Waals surface area contributed by atoms with Gasteiger partial charge < -0.3 is 9.84 Å². The first-order valence-corrected chi connectivity index (χ1v) is 7.12. The van der Waals surface area contributed by atoms with Gasteiger partial charge in [-0.05, 0) is 24.3 Å². The molecule has 0 aromatic heterocycles. The number of ether oxygens (including phenoxy) is 1. The molecular weight excluding hydrogens is 284 g/mol. The predicted octanol–water partition coefficient (Wildman–Crippen LogP) is 0.326. The fraction of sp³-hybridized carbons (Fsp3) is 0.333. The van der Waals surface area contributed by atoms with Crippen LogP contribution in [0.4, 0.5) is 0 Å². The number of nitriles is 1. The number of rotatable bonds is 7. The second kappa shape index (κ2) is 7.00. The van der Waals surface area contributed by atoms with Gasteiger partial charge in [0.2, 0.25) is 10.0 Å². The van der Waals surface area contributed by atoms with Crippen molar-refractivity contribution in [1.29, 1.82) is 5.26 Å². The van der Waals surface area contributed by atoms with Gasteiger partial charge in [-0.25, -0.2) is 13.1 Å². The van der Waals surface area contributed by atoms with Crippen LogP contribution in [-0.4, -0.2) is 39.3 Å². The summed E-state index contributed by atoms with van der Waals surface area (Å²) in [5, 5.41) is 17.3. The van der Waals surface area contributed by atoms with Gasteiger partial charge in [0, 0.05) is 13.7 Å². The first kappa shape index (κ1) is 16.1. The molecule has 0 aliphatic rings. The number of benzene rings is 1. The van der Waals surface area contributed by atoms with Gasteiger partial charge >= 0.3 is 5.97 Å². The second-order valence-corrected chi connectivity index (χ2v) is 5.71. The lowest BCUT2D eigenvalue weighted by atomic mass is 10.2. The van der Waals surface area contributed by atoms with E-state index in [1.807, 2.05) is 6.07 Å². The van der Waals surface area contributed by atoms with Crippen LogP contribution < -0.4 is 4.72 Å². The molecule has 1 aromatic carbocycles. The summed E-state index contributed by atoms with van der Waals surface area (Å²) in [6.45, 7) is -0.148. The van der Waals surface area contributed by atoms with E-state index in [0.717, 1.165) is 0 Å². The Morgan fingerprint density at radius 2 is 2.05 bits per heavy atom. The maximum Gasteiger partial charge on any atom is 0.306 e. The van der Waals surface area contributed by atoms with Crippen LogP contribution >= 0.6 is 0 Å². The van der Waals surface area contributed by atoms with Gasteiger partial charge in [0.25, 0.3) is 0 Å². The largest absolute Gasteiger partial charge is 0.481 e. The average Bonchev–Trinajstić information content (AvgIpc) is 2.43. The quantitative estimate of drug-likeness (QED) is 0.749. The zero-order valence-corrected chi connectivity index (χ0v) is 11.6. The lowest BCUT2D eigenvalue weighted by molar-refractivity contribution is -0.139. The third kappa shape index (κ3) is 4.62. The van der Waals surface area contributed by atoms with Crippen LogP contribution in [0.5, 0.6) is 0 Å². The molecule has 1 rings (SSSR count). The summed E-state index contributed by atoms with van der Waals surface area (Å²) in [7, 11) is -2.45. The summed E-state index contributed by atoms with van der Waals surface area (Å²) in [4.78, 5) is 10.5. The van der Waals surface area contributed by atoms with E-state index in [9.17, 15) is 13.2 Å². The van der Waals surface area contributed by atoms with Crippen LogP contribution in [0, 0.1) is 11.3 Å². The third-order valence-corrected chi connectivity index (χ3v) is 3.97. The molecule has 0 aliphatic carbocycles. The van der Waals surface area contributed by atoms with Gasteiger partial charge in [-0.3, -0.25) is 4.79 Å². The average molecular weight is 298 g/mol. The Labute approximate surface area is 116 Å². The molecule has 20 heavy (non-hydrogen) atoms. The van der Waals surface area contributed by atoms with Crippen LogP contribution in [0.3, 0.4) is 0 Å². The van der Waals surface area contributed by atoms with Crippen molar-refractivity contribution < 1.29 is 23.1 Å². The molecule has 1 unspecified atom stereocenters. The Morgan fingerprint density at radius 3 is 2.50 bits per heavy atom. The number of carbonyl (C=O) groups is 1. The first-order valence-electron chi connectivity index (χ1n) is 5.63. The van der Waals surface area contributed by atoms with E-state index in [0.29, 0.717) is 5.56 Å². The smallest absolute Gasteiger partial charge is 0.306 e. The van der Waals surface area contributed by atoms with Crippen LogP contribution in [0.1, 0.15) is 12.0 Å². The van der Waals surface area contributed by atoms with E-state index in [-0.39, 0.29) is 17.9 Å². The molecule has 8 heteroatoms. The Bertz CT molecular complexity index is 604. The molecule has 0 amide bonds. The zero-order chi connectivity index (χ0) is 15.2. The van der Waals surface area contributed by atoms with Gasteiger partial charge in [-0.2, -0.15) is 5.26 Å². The van der Waals surface area contributed by atoms with Gasteiger partial charge in [0.1, 0.15) is 0 Å². The number of nitrogens with one attached hydrogen (secondary N) is 1. The third-order valence-electron chi connectivity index (χ3n) is 2.53. The lowest BCUT2D eigenvalue weighted by Gasteiger charge is -2.14. The van der Waals surface area contributed by atoms with Gasteiger partial charge in [-0.1, -0.05) is 0 Å². The molecule has 108 valence electrons. The summed E-state index contributed by atoms with van der Waals surface area (Å²) in [6.07, 6.45) is -1.05. The fourth-order valence-electron chi connectivity index (χ4n) is 1.43. The second-order valence-electron chi connectivity index (χ2n) is 3.94. The molecule has 1 atom stereocenters. The number of carboxylic acid groups (broad SMARTS) is 1. The molecule has 7 nitrogen and oxygen atoms in total. The zero-order valence-electron chi connectivity index (χ0n) is 10.7. The van der Waals surface area contributed by atoms with Crippen LogP contribution in [0.15, 0.2) is 29.2 Å². The van der Waals surface area contributed by atoms with E-state index in [1.54, 1.807) is 0 Å². The van der Waals surface area contributed by atoms with E-state index >= 15 is 0 Å². The molecular formula is C12H14N2O5S. The van der Waals surface area contributed by atoms with Crippen LogP contribution in [-0.2, 0) is 19.6 Å². The van der Waals surface area contributed by atoms with Crippen molar-refractivity contribution >= 4 is 16.0 Å². The van der Waals surface area contributed by atoms with E-state index in [1.165, 1.54) is 31.4 Å². The van der Waals surface area contributed by atoms with Crippen molar-refractivity contribution in [2.75, 3.05) is 13.7 Å². The van der Waals surface area contributed by atoms with E-state index in [2.05, 4.69) is 4.72 Å². The monoisotopic (exact) mass is 298 g/mol. The maximum atomic E-state index is 11.9. The van der Waals surface area contributed by atoms with Crippen molar-refractivity contribution in [1.82, 2.24) is 4.72 Å². The Morgan fingerprint density at radius 1 is 1.45 bits per heavy atom. The fourth-order valence-corrected chi connectivity index (χ4v) is 2.49. The summed E-state index contributed by atoms with van der Waals surface area (Å²) in [5.41, 5.74) is 0.351. The Kier molecular flexibility index (Phi) is 5.64. The molecule has 0 spiro atoms. The van der Waals surface area contributed by atoms with Gasteiger partial charge in [0.15, 0.2) is 0 Å². The Hall–Kier alpha value is -1.95. The van der Waals surface area contributed by atoms with Crippen molar-refractivity contribution in [3.63, 3.8) is 0 Å². The normalized spacial score (nSPS) is 12.6. The predicted molar refractivity (Wildman–Crippen MR) is 69.4 cm³/mol. The molecule has 0 aliphatic heterocycles. The highest BCUT2D eigenvalue weighted by Crippen LogP contribution is 2.10. The molecule has 0 saturated carbocycles.